The minimum atomic E-state index is 0.583. The zero-order valence-corrected chi connectivity index (χ0v) is 11.1. The van der Waals surface area contributed by atoms with E-state index >= 15 is 0 Å². The number of fused-ring (bicyclic) bond motifs is 2. The van der Waals surface area contributed by atoms with Gasteiger partial charge in [-0.15, -0.1) is 0 Å². The van der Waals surface area contributed by atoms with Crippen LogP contribution in [0.5, 0.6) is 0 Å². The number of hydrogen-bond acceptors (Lipinski definition) is 1. The summed E-state index contributed by atoms with van der Waals surface area (Å²) in [5, 5.41) is 3.73. The van der Waals surface area contributed by atoms with Gasteiger partial charge in [0.25, 0.3) is 0 Å². The van der Waals surface area contributed by atoms with Crippen LogP contribution < -0.4 is 5.32 Å². The van der Waals surface area contributed by atoms with Crippen LogP contribution in [0, 0.1) is 5.92 Å². The molecule has 0 aromatic heterocycles. The lowest BCUT2D eigenvalue weighted by molar-refractivity contribution is -0.171. The summed E-state index contributed by atoms with van der Waals surface area (Å²) < 4.78 is 0. The van der Waals surface area contributed by atoms with E-state index in [4.69, 9.17) is 0 Å². The minimum absolute atomic E-state index is 0.583. The molecule has 4 atom stereocenters. The van der Waals surface area contributed by atoms with Crippen molar-refractivity contribution >= 4 is 0 Å². The fraction of sp³-hybridized carbons (Fsp3) is 0.647. The van der Waals surface area contributed by atoms with Crippen LogP contribution in [0.15, 0.2) is 18.2 Å². The van der Waals surface area contributed by atoms with Crippen LogP contribution in [-0.4, -0.2) is 12.6 Å². The van der Waals surface area contributed by atoms with E-state index in [1.165, 1.54) is 44.2 Å². The van der Waals surface area contributed by atoms with Gasteiger partial charge in [-0.3, -0.25) is 0 Å². The Morgan fingerprint density at radius 2 is 2.17 bits per heavy atom. The third-order valence-corrected chi connectivity index (χ3v) is 6.75. The average molecular weight is 239 g/mol. The van der Waals surface area contributed by atoms with Gasteiger partial charge in [-0.1, -0.05) is 38.0 Å². The van der Waals surface area contributed by atoms with Gasteiger partial charge in [0, 0.05) is 23.4 Å². The molecule has 3 fully saturated rings. The van der Waals surface area contributed by atoms with E-state index in [0.717, 1.165) is 12.0 Å². The molecule has 1 nitrogen and oxygen atoms in total. The summed E-state index contributed by atoms with van der Waals surface area (Å²) in [6.45, 7) is 3.54. The van der Waals surface area contributed by atoms with E-state index in [-0.39, 0.29) is 0 Å². The molecular formula is C17H21N. The summed E-state index contributed by atoms with van der Waals surface area (Å²) in [6, 6.07) is 8.20. The maximum absolute atomic E-state index is 3.73. The molecule has 5 rings (SSSR count). The second kappa shape index (κ2) is 2.85. The second-order valence-electron chi connectivity index (χ2n) is 6.89. The fourth-order valence-electron chi connectivity index (χ4n) is 6.04. The summed E-state index contributed by atoms with van der Waals surface area (Å²) >= 11 is 0. The molecule has 1 heterocycles. The Bertz CT molecular complexity index is 549. The molecule has 1 N–H and O–H groups in total. The summed E-state index contributed by atoms with van der Waals surface area (Å²) in [7, 11) is 0. The van der Waals surface area contributed by atoms with E-state index < -0.39 is 0 Å². The first-order valence-corrected chi connectivity index (χ1v) is 7.72. The van der Waals surface area contributed by atoms with Crippen molar-refractivity contribution < 1.29 is 0 Å². The lowest BCUT2D eigenvalue weighted by Gasteiger charge is -2.83. The van der Waals surface area contributed by atoms with Crippen molar-refractivity contribution in [3.63, 3.8) is 0 Å². The molecule has 18 heavy (non-hydrogen) atoms. The maximum atomic E-state index is 3.73. The lowest BCUT2D eigenvalue weighted by Crippen LogP contribution is -2.93. The van der Waals surface area contributed by atoms with Crippen molar-refractivity contribution in [2.24, 2.45) is 5.92 Å². The monoisotopic (exact) mass is 239 g/mol. The number of nitrogens with one attached hydrogen (secondary N) is 1. The van der Waals surface area contributed by atoms with Gasteiger partial charge < -0.3 is 5.32 Å². The highest BCUT2D eigenvalue weighted by atomic mass is 15.1. The smallest absolute Gasteiger partial charge is 0.0337 e. The number of benzene rings is 1. The molecule has 4 aliphatic rings. The molecule has 94 valence electrons. The highest BCUT2D eigenvalue weighted by Crippen LogP contribution is 2.77. The number of rotatable bonds is 1. The normalized spacial score (nSPS) is 46.5. The molecule has 0 radical (unpaired) electrons. The maximum Gasteiger partial charge on any atom is 0.0337 e. The SMILES string of the molecule is CCc1ccc2c(c1)C13CCCCC1C1NCC213. The van der Waals surface area contributed by atoms with Crippen LogP contribution in [0.25, 0.3) is 0 Å². The molecule has 2 saturated carbocycles. The van der Waals surface area contributed by atoms with E-state index in [2.05, 4.69) is 30.4 Å². The van der Waals surface area contributed by atoms with Gasteiger partial charge in [-0.2, -0.15) is 0 Å². The van der Waals surface area contributed by atoms with Gasteiger partial charge in [0.2, 0.25) is 0 Å². The van der Waals surface area contributed by atoms with Crippen molar-refractivity contribution in [3.8, 4) is 0 Å². The number of hydrogen-bond donors (Lipinski definition) is 1. The third-order valence-electron chi connectivity index (χ3n) is 6.75. The highest BCUT2D eigenvalue weighted by Gasteiger charge is 2.82. The van der Waals surface area contributed by atoms with E-state index in [9.17, 15) is 0 Å². The molecule has 4 unspecified atom stereocenters. The molecule has 1 aromatic rings. The molecule has 1 aromatic carbocycles. The molecule has 1 aliphatic heterocycles. The Morgan fingerprint density at radius 1 is 1.22 bits per heavy atom. The standard InChI is InChI=1S/C17H21N/c1-2-11-6-7-12-14(9-11)16-8-4-3-5-13(16)15-17(12,16)10-18-15/h6-7,9,13,15,18H,2-5,8,10H2,1H3. The van der Waals surface area contributed by atoms with Gasteiger partial charge >= 0.3 is 0 Å². The fourth-order valence-corrected chi connectivity index (χ4v) is 6.04. The molecule has 1 heteroatoms. The van der Waals surface area contributed by atoms with E-state index in [1.807, 2.05) is 0 Å². The second-order valence-corrected chi connectivity index (χ2v) is 6.89. The first-order chi connectivity index (χ1) is 8.84. The van der Waals surface area contributed by atoms with Crippen molar-refractivity contribution in [1.82, 2.24) is 5.32 Å². The highest BCUT2D eigenvalue weighted by molar-refractivity contribution is 5.66. The molecule has 2 spiro atoms. The molecular weight excluding hydrogens is 218 g/mol. The van der Waals surface area contributed by atoms with E-state index in [0.29, 0.717) is 10.8 Å². The Balaban J connectivity index is 1.72. The van der Waals surface area contributed by atoms with Crippen LogP contribution >= 0.6 is 0 Å². The Morgan fingerprint density at radius 3 is 2.94 bits per heavy atom. The number of piperidine rings is 1. The number of aryl methyl sites for hydroxylation is 1. The summed E-state index contributed by atoms with van der Waals surface area (Å²) in [5.74, 6) is 0.958. The van der Waals surface area contributed by atoms with Crippen LogP contribution in [0.3, 0.4) is 0 Å². The summed E-state index contributed by atoms with van der Waals surface area (Å²) in [6.07, 6.45) is 7.04. The van der Waals surface area contributed by atoms with Crippen LogP contribution in [0.2, 0.25) is 0 Å². The summed E-state index contributed by atoms with van der Waals surface area (Å²) in [4.78, 5) is 0. The van der Waals surface area contributed by atoms with E-state index in [1.54, 1.807) is 11.1 Å². The topological polar surface area (TPSA) is 12.0 Å². The molecule has 0 bridgehead atoms. The van der Waals surface area contributed by atoms with Crippen molar-refractivity contribution in [3.05, 3.63) is 34.9 Å². The van der Waals surface area contributed by atoms with Gasteiger partial charge in [-0.05, 0) is 41.9 Å². The Kier molecular flexibility index (Phi) is 1.59. The Hall–Kier alpha value is -0.820. The Labute approximate surface area is 109 Å². The third kappa shape index (κ3) is 0.718. The first kappa shape index (κ1) is 10.0. The predicted octanol–water partition coefficient (Wildman–Crippen LogP) is 2.91. The van der Waals surface area contributed by atoms with Gasteiger partial charge in [0.1, 0.15) is 0 Å². The average Bonchev–Trinajstić information content (AvgIpc) is 2.38. The largest absolute Gasteiger partial charge is 0.312 e. The molecule has 3 aliphatic carbocycles. The lowest BCUT2D eigenvalue weighted by atomic mass is 9.24. The molecule has 0 amide bonds. The predicted molar refractivity (Wildman–Crippen MR) is 72.9 cm³/mol. The zero-order chi connectivity index (χ0) is 12.0. The van der Waals surface area contributed by atoms with Crippen molar-refractivity contribution in [2.75, 3.05) is 6.54 Å². The van der Waals surface area contributed by atoms with Gasteiger partial charge in [0.05, 0.1) is 0 Å². The van der Waals surface area contributed by atoms with Crippen LogP contribution in [0.4, 0.5) is 0 Å². The quantitative estimate of drug-likeness (QED) is 0.794. The van der Waals surface area contributed by atoms with Gasteiger partial charge in [-0.25, -0.2) is 0 Å². The minimum Gasteiger partial charge on any atom is -0.312 e. The molecule has 1 saturated heterocycles. The first-order valence-electron chi connectivity index (χ1n) is 7.72. The van der Waals surface area contributed by atoms with Crippen LogP contribution in [-0.2, 0) is 17.3 Å². The van der Waals surface area contributed by atoms with Gasteiger partial charge in [0.15, 0.2) is 0 Å². The van der Waals surface area contributed by atoms with Crippen LogP contribution in [0.1, 0.15) is 49.3 Å². The van der Waals surface area contributed by atoms with Crippen molar-refractivity contribution in [2.45, 2.75) is 55.9 Å². The zero-order valence-electron chi connectivity index (χ0n) is 11.1. The van der Waals surface area contributed by atoms with Crippen molar-refractivity contribution in [1.29, 1.82) is 0 Å². The summed E-state index contributed by atoms with van der Waals surface area (Å²) in [5.41, 5.74) is 6.20.